The average Bonchev–Trinajstić information content (AvgIpc) is 2.37. The molecule has 0 aliphatic heterocycles. The second-order valence-corrected chi connectivity index (χ2v) is 7.34. The first-order valence-electron chi connectivity index (χ1n) is 7.85. The van der Waals surface area contributed by atoms with Crippen LogP contribution < -0.4 is 10.6 Å². The zero-order chi connectivity index (χ0) is 19.0. The van der Waals surface area contributed by atoms with E-state index >= 15 is 0 Å². The SMILES string of the molecule is COC(=O)CCC(CNC(=O)OC(C)(C)C)NC(=O)OC(C)(C)C. The van der Waals surface area contributed by atoms with Crippen molar-refractivity contribution in [3.05, 3.63) is 0 Å². The highest BCUT2D eigenvalue weighted by molar-refractivity contribution is 5.71. The lowest BCUT2D eigenvalue weighted by Crippen LogP contribution is -2.46. The van der Waals surface area contributed by atoms with Gasteiger partial charge in [-0.2, -0.15) is 0 Å². The van der Waals surface area contributed by atoms with Crippen molar-refractivity contribution in [2.24, 2.45) is 0 Å². The van der Waals surface area contributed by atoms with Gasteiger partial charge in [0.15, 0.2) is 0 Å². The summed E-state index contributed by atoms with van der Waals surface area (Å²) in [7, 11) is 1.29. The molecule has 0 aliphatic rings. The Hall–Kier alpha value is -1.99. The minimum atomic E-state index is -0.643. The summed E-state index contributed by atoms with van der Waals surface area (Å²) < 4.78 is 14.9. The molecule has 0 aromatic heterocycles. The van der Waals surface area contributed by atoms with Crippen molar-refractivity contribution in [2.45, 2.75) is 71.6 Å². The molecule has 0 aliphatic carbocycles. The van der Waals surface area contributed by atoms with Gasteiger partial charge in [-0.05, 0) is 48.0 Å². The number of amides is 2. The van der Waals surface area contributed by atoms with Crippen LogP contribution in [0.3, 0.4) is 0 Å². The number of hydrogen-bond donors (Lipinski definition) is 2. The number of esters is 1. The van der Waals surface area contributed by atoms with E-state index in [1.165, 1.54) is 7.11 Å². The van der Waals surface area contributed by atoms with Gasteiger partial charge in [0.25, 0.3) is 0 Å². The lowest BCUT2D eigenvalue weighted by molar-refractivity contribution is -0.140. The molecular formula is C16H30N2O6. The van der Waals surface area contributed by atoms with Crippen LogP contribution in [0.15, 0.2) is 0 Å². The summed E-state index contributed by atoms with van der Waals surface area (Å²) >= 11 is 0. The Morgan fingerprint density at radius 3 is 1.88 bits per heavy atom. The predicted octanol–water partition coefficient (Wildman–Crippen LogP) is 2.36. The van der Waals surface area contributed by atoms with Crippen molar-refractivity contribution in [3.8, 4) is 0 Å². The Morgan fingerprint density at radius 1 is 0.917 bits per heavy atom. The first kappa shape index (κ1) is 22.0. The normalized spacial score (nSPS) is 12.8. The molecule has 0 fully saturated rings. The Kier molecular flexibility index (Phi) is 8.57. The fourth-order valence-corrected chi connectivity index (χ4v) is 1.61. The van der Waals surface area contributed by atoms with Gasteiger partial charge >= 0.3 is 18.2 Å². The van der Waals surface area contributed by atoms with E-state index in [1.807, 2.05) is 0 Å². The van der Waals surface area contributed by atoms with Crippen LogP contribution in [0, 0.1) is 0 Å². The van der Waals surface area contributed by atoms with Crippen LogP contribution >= 0.6 is 0 Å². The van der Waals surface area contributed by atoms with Crippen LogP contribution in [-0.2, 0) is 19.0 Å². The third-order valence-electron chi connectivity index (χ3n) is 2.54. The number of carbonyl (C=O) groups is 3. The minimum absolute atomic E-state index is 0.102. The average molecular weight is 346 g/mol. The van der Waals surface area contributed by atoms with E-state index < -0.39 is 35.4 Å². The summed E-state index contributed by atoms with van der Waals surface area (Å²) in [5.74, 6) is -0.400. The van der Waals surface area contributed by atoms with Crippen molar-refractivity contribution in [1.29, 1.82) is 0 Å². The van der Waals surface area contributed by atoms with Crippen molar-refractivity contribution >= 4 is 18.2 Å². The first-order valence-corrected chi connectivity index (χ1v) is 7.85. The molecule has 0 rings (SSSR count). The van der Waals surface area contributed by atoms with E-state index in [4.69, 9.17) is 9.47 Å². The second kappa shape index (κ2) is 9.34. The molecule has 0 spiro atoms. The number of methoxy groups -OCH3 is 1. The third kappa shape index (κ3) is 12.5. The van der Waals surface area contributed by atoms with Crippen LogP contribution in [-0.4, -0.2) is 49.1 Å². The lowest BCUT2D eigenvalue weighted by Gasteiger charge is -2.24. The summed E-state index contributed by atoms with van der Waals surface area (Å²) in [6.07, 6.45) is -0.825. The zero-order valence-corrected chi connectivity index (χ0v) is 15.6. The molecule has 0 saturated carbocycles. The molecule has 0 saturated heterocycles. The topological polar surface area (TPSA) is 103 Å². The Bertz CT molecular complexity index is 437. The molecule has 2 N–H and O–H groups in total. The summed E-state index contributed by atoms with van der Waals surface area (Å²) in [6, 6.07) is -0.494. The van der Waals surface area contributed by atoms with Gasteiger partial charge in [0, 0.05) is 13.0 Å². The molecule has 0 aromatic rings. The van der Waals surface area contributed by atoms with Crippen molar-refractivity contribution in [1.82, 2.24) is 10.6 Å². The van der Waals surface area contributed by atoms with E-state index in [9.17, 15) is 14.4 Å². The molecule has 140 valence electrons. The number of alkyl carbamates (subject to hydrolysis) is 2. The van der Waals surface area contributed by atoms with Crippen LogP contribution in [0.2, 0.25) is 0 Å². The van der Waals surface area contributed by atoms with E-state index in [0.29, 0.717) is 6.42 Å². The summed E-state index contributed by atoms with van der Waals surface area (Å²) in [5, 5.41) is 5.20. The highest BCUT2D eigenvalue weighted by Crippen LogP contribution is 2.09. The Morgan fingerprint density at radius 2 is 1.42 bits per heavy atom. The van der Waals surface area contributed by atoms with Crippen LogP contribution in [0.5, 0.6) is 0 Å². The third-order valence-corrected chi connectivity index (χ3v) is 2.54. The molecule has 0 bridgehead atoms. The summed E-state index contributed by atoms with van der Waals surface area (Å²) in [4.78, 5) is 34.8. The molecule has 8 nitrogen and oxygen atoms in total. The number of rotatable bonds is 6. The van der Waals surface area contributed by atoms with E-state index in [1.54, 1.807) is 41.5 Å². The van der Waals surface area contributed by atoms with E-state index in [-0.39, 0.29) is 13.0 Å². The van der Waals surface area contributed by atoms with Gasteiger partial charge in [-0.1, -0.05) is 0 Å². The molecule has 24 heavy (non-hydrogen) atoms. The fraction of sp³-hybridized carbons (Fsp3) is 0.812. The van der Waals surface area contributed by atoms with Gasteiger partial charge in [0.05, 0.1) is 13.2 Å². The molecule has 1 unspecified atom stereocenters. The Balaban J connectivity index is 4.60. The second-order valence-electron chi connectivity index (χ2n) is 7.34. The lowest BCUT2D eigenvalue weighted by atomic mass is 10.1. The number of carbonyl (C=O) groups excluding carboxylic acids is 3. The molecular weight excluding hydrogens is 316 g/mol. The highest BCUT2D eigenvalue weighted by atomic mass is 16.6. The maximum absolute atomic E-state index is 11.9. The van der Waals surface area contributed by atoms with Crippen LogP contribution in [0.1, 0.15) is 54.4 Å². The largest absolute Gasteiger partial charge is 0.469 e. The van der Waals surface area contributed by atoms with Crippen LogP contribution in [0.25, 0.3) is 0 Å². The van der Waals surface area contributed by atoms with Gasteiger partial charge in [0.2, 0.25) is 0 Å². The number of hydrogen-bond acceptors (Lipinski definition) is 6. The smallest absolute Gasteiger partial charge is 0.407 e. The van der Waals surface area contributed by atoms with E-state index in [2.05, 4.69) is 15.4 Å². The van der Waals surface area contributed by atoms with Crippen molar-refractivity contribution in [3.63, 3.8) is 0 Å². The van der Waals surface area contributed by atoms with Gasteiger partial charge in [-0.15, -0.1) is 0 Å². The fourth-order valence-electron chi connectivity index (χ4n) is 1.61. The van der Waals surface area contributed by atoms with E-state index in [0.717, 1.165) is 0 Å². The molecule has 0 heterocycles. The Labute approximate surface area is 143 Å². The van der Waals surface area contributed by atoms with Gasteiger partial charge in [0.1, 0.15) is 11.2 Å². The number of nitrogens with one attached hydrogen (secondary N) is 2. The molecule has 8 heteroatoms. The van der Waals surface area contributed by atoms with Crippen LogP contribution in [0.4, 0.5) is 9.59 Å². The zero-order valence-electron chi connectivity index (χ0n) is 15.6. The molecule has 0 aromatic carbocycles. The standard InChI is InChI=1S/C16H30N2O6/c1-15(2,3)23-13(20)17-10-11(8-9-12(19)22-7)18-14(21)24-16(4,5)6/h11H,8-10H2,1-7H3,(H,17,20)(H,18,21). The minimum Gasteiger partial charge on any atom is -0.469 e. The maximum atomic E-state index is 11.9. The first-order chi connectivity index (χ1) is 10.8. The van der Waals surface area contributed by atoms with Crippen molar-refractivity contribution in [2.75, 3.05) is 13.7 Å². The predicted molar refractivity (Wildman–Crippen MR) is 88.6 cm³/mol. The number of ether oxygens (including phenoxy) is 3. The molecule has 1 atom stereocenters. The van der Waals surface area contributed by atoms with Gasteiger partial charge in [-0.25, -0.2) is 9.59 Å². The van der Waals surface area contributed by atoms with Gasteiger partial charge in [-0.3, -0.25) is 4.79 Å². The van der Waals surface area contributed by atoms with Crippen molar-refractivity contribution < 1.29 is 28.6 Å². The van der Waals surface area contributed by atoms with Gasteiger partial charge < -0.3 is 24.8 Å². The summed E-state index contributed by atoms with van der Waals surface area (Å²) in [6.45, 7) is 10.6. The molecule has 2 amide bonds. The molecule has 0 radical (unpaired) electrons. The summed E-state index contributed by atoms with van der Waals surface area (Å²) in [5.41, 5.74) is -1.26. The quantitative estimate of drug-likeness (QED) is 0.565. The maximum Gasteiger partial charge on any atom is 0.407 e. The monoisotopic (exact) mass is 346 g/mol. The highest BCUT2D eigenvalue weighted by Gasteiger charge is 2.22.